The van der Waals surface area contributed by atoms with Gasteiger partial charge < -0.3 is 20.1 Å². The Hall–Kier alpha value is -0.650. The van der Waals surface area contributed by atoms with E-state index in [2.05, 4.69) is 4.74 Å². The fourth-order valence-corrected chi connectivity index (χ4v) is 1.16. The molecule has 0 aromatic heterocycles. The lowest BCUT2D eigenvalue weighted by atomic mass is 10.1. The lowest BCUT2D eigenvalue weighted by Gasteiger charge is -2.11. The van der Waals surface area contributed by atoms with Gasteiger partial charge in [0, 0.05) is 12.8 Å². The highest BCUT2D eigenvalue weighted by molar-refractivity contribution is 5.76. The number of ether oxygens (including phenoxy) is 1. The number of carbonyl (C=O) groups excluding carboxylic acids is 1. The molecule has 5 heteroatoms. The van der Waals surface area contributed by atoms with E-state index in [1.54, 1.807) is 0 Å². The van der Waals surface area contributed by atoms with Gasteiger partial charge in [-0.2, -0.15) is 0 Å². The van der Waals surface area contributed by atoms with Crippen molar-refractivity contribution in [1.29, 1.82) is 0 Å². The smallest absolute Gasteiger partial charge is 0.335 e. The Bertz CT molecular complexity index is 169. The van der Waals surface area contributed by atoms with E-state index < -0.39 is 24.3 Å². The molecule has 1 fully saturated rings. The normalized spacial score (nSPS) is 31.8. The van der Waals surface area contributed by atoms with Crippen LogP contribution in [0.15, 0.2) is 0 Å². The van der Waals surface area contributed by atoms with Crippen LogP contribution in [-0.2, 0) is 9.53 Å². The van der Waals surface area contributed by atoms with Crippen LogP contribution in [0.2, 0.25) is 0 Å². The third-order valence-electron chi connectivity index (χ3n) is 1.79. The number of carbonyl (C=O) groups is 1. The van der Waals surface area contributed by atoms with Crippen LogP contribution in [0.3, 0.4) is 0 Å². The Morgan fingerprint density at radius 1 is 1.67 bits per heavy atom. The lowest BCUT2D eigenvalue weighted by molar-refractivity contribution is -0.148. The molecule has 0 bridgehead atoms. The summed E-state index contributed by atoms with van der Waals surface area (Å²) in [6.07, 6.45) is -2.03. The fraction of sp³-hybridized carbons (Fsp3) is 0.857. The van der Waals surface area contributed by atoms with Crippen molar-refractivity contribution in [3.8, 4) is 0 Å². The maximum Gasteiger partial charge on any atom is 0.335 e. The summed E-state index contributed by atoms with van der Waals surface area (Å²) < 4.78 is 4.69. The highest BCUT2D eigenvalue weighted by Gasteiger charge is 2.33. The molecule has 0 amide bonds. The first-order valence-corrected chi connectivity index (χ1v) is 3.81. The molecule has 0 spiro atoms. The average Bonchev–Trinajstić information content (AvgIpc) is 2.31. The maximum atomic E-state index is 10.6. The summed E-state index contributed by atoms with van der Waals surface area (Å²) >= 11 is 0. The first-order valence-electron chi connectivity index (χ1n) is 3.81. The third kappa shape index (κ3) is 2.17. The van der Waals surface area contributed by atoms with E-state index in [9.17, 15) is 4.79 Å². The van der Waals surface area contributed by atoms with Crippen molar-refractivity contribution in [1.82, 2.24) is 0 Å². The van der Waals surface area contributed by atoms with E-state index in [4.69, 9.17) is 15.3 Å². The molecule has 5 nitrogen and oxygen atoms in total. The Labute approximate surface area is 69.6 Å². The van der Waals surface area contributed by atoms with E-state index in [1.165, 1.54) is 0 Å². The van der Waals surface area contributed by atoms with Crippen LogP contribution in [0.25, 0.3) is 0 Å². The molecule has 0 aromatic carbocycles. The standard InChI is InChI=1S/C7H12O5/c8-3-4(9)1-5-2-6(10)7(11)12-5/h4-6,8-10H,1-3H2/t4-,5+,6+/m0/s1. The number of aliphatic hydroxyl groups is 3. The SMILES string of the molecule is O=C1O[C@H](C[C@H](O)CO)C[C@H]1O. The Morgan fingerprint density at radius 3 is 2.75 bits per heavy atom. The van der Waals surface area contributed by atoms with E-state index in [0.717, 1.165) is 0 Å². The summed E-state index contributed by atoms with van der Waals surface area (Å²) in [6, 6.07) is 0. The number of hydrogen-bond donors (Lipinski definition) is 3. The summed E-state index contributed by atoms with van der Waals surface area (Å²) in [7, 11) is 0. The van der Waals surface area contributed by atoms with Crippen LogP contribution in [0.1, 0.15) is 12.8 Å². The Morgan fingerprint density at radius 2 is 2.33 bits per heavy atom. The molecule has 1 aliphatic heterocycles. The van der Waals surface area contributed by atoms with E-state index in [1.807, 2.05) is 0 Å². The monoisotopic (exact) mass is 176 g/mol. The molecule has 1 heterocycles. The zero-order valence-electron chi connectivity index (χ0n) is 6.51. The molecular formula is C7H12O5. The van der Waals surface area contributed by atoms with Gasteiger partial charge in [0.1, 0.15) is 6.10 Å². The van der Waals surface area contributed by atoms with Gasteiger partial charge in [0.2, 0.25) is 0 Å². The van der Waals surface area contributed by atoms with Crippen LogP contribution >= 0.6 is 0 Å². The molecule has 0 aliphatic carbocycles. The van der Waals surface area contributed by atoms with Crippen LogP contribution in [0.5, 0.6) is 0 Å². The number of cyclic esters (lactones) is 1. The number of rotatable bonds is 3. The van der Waals surface area contributed by atoms with Gasteiger partial charge in [-0.1, -0.05) is 0 Å². The van der Waals surface area contributed by atoms with Gasteiger partial charge in [-0.25, -0.2) is 4.79 Å². The van der Waals surface area contributed by atoms with Crippen molar-refractivity contribution in [3.05, 3.63) is 0 Å². The van der Waals surface area contributed by atoms with Gasteiger partial charge in [0.25, 0.3) is 0 Å². The van der Waals surface area contributed by atoms with Crippen LogP contribution in [0.4, 0.5) is 0 Å². The second kappa shape index (κ2) is 3.84. The van der Waals surface area contributed by atoms with Crippen molar-refractivity contribution < 1.29 is 24.9 Å². The first kappa shape index (κ1) is 9.44. The quantitative estimate of drug-likeness (QED) is 0.451. The Balaban J connectivity index is 2.32. The maximum absolute atomic E-state index is 10.6. The average molecular weight is 176 g/mol. The largest absolute Gasteiger partial charge is 0.460 e. The topological polar surface area (TPSA) is 87.0 Å². The summed E-state index contributed by atoms with van der Waals surface area (Å²) in [5.41, 5.74) is 0. The third-order valence-corrected chi connectivity index (χ3v) is 1.79. The van der Waals surface area contributed by atoms with E-state index >= 15 is 0 Å². The van der Waals surface area contributed by atoms with Crippen molar-refractivity contribution in [2.75, 3.05) is 6.61 Å². The zero-order valence-corrected chi connectivity index (χ0v) is 6.51. The van der Waals surface area contributed by atoms with Crippen molar-refractivity contribution >= 4 is 5.97 Å². The molecule has 0 saturated carbocycles. The molecule has 1 rings (SSSR count). The summed E-state index contributed by atoms with van der Waals surface area (Å²) in [5.74, 6) is -0.648. The van der Waals surface area contributed by atoms with Gasteiger partial charge in [0.15, 0.2) is 6.10 Å². The molecule has 1 aliphatic rings. The van der Waals surface area contributed by atoms with Crippen molar-refractivity contribution in [2.45, 2.75) is 31.2 Å². The number of hydrogen-bond acceptors (Lipinski definition) is 5. The lowest BCUT2D eigenvalue weighted by Crippen LogP contribution is -2.20. The van der Waals surface area contributed by atoms with E-state index in [-0.39, 0.29) is 19.4 Å². The molecule has 0 unspecified atom stereocenters. The number of esters is 1. The fourth-order valence-electron chi connectivity index (χ4n) is 1.16. The van der Waals surface area contributed by atoms with Gasteiger partial charge >= 0.3 is 5.97 Å². The summed E-state index contributed by atoms with van der Waals surface area (Å²) in [5, 5.41) is 26.4. The van der Waals surface area contributed by atoms with Crippen molar-refractivity contribution in [2.24, 2.45) is 0 Å². The highest BCUT2D eigenvalue weighted by Crippen LogP contribution is 2.18. The molecule has 3 N–H and O–H groups in total. The zero-order chi connectivity index (χ0) is 9.14. The molecule has 0 aromatic rings. The number of aliphatic hydroxyl groups excluding tert-OH is 3. The molecule has 0 radical (unpaired) electrons. The molecule has 3 atom stereocenters. The predicted molar refractivity (Wildman–Crippen MR) is 38.2 cm³/mol. The minimum atomic E-state index is -1.07. The van der Waals surface area contributed by atoms with Gasteiger partial charge in [-0.3, -0.25) is 0 Å². The second-order valence-corrected chi connectivity index (χ2v) is 2.88. The Kier molecular flexibility index (Phi) is 3.02. The molecular weight excluding hydrogens is 164 g/mol. The van der Waals surface area contributed by atoms with Crippen LogP contribution in [-0.4, -0.2) is 46.2 Å². The minimum Gasteiger partial charge on any atom is -0.460 e. The first-order chi connectivity index (χ1) is 5.63. The predicted octanol–water partition coefficient (Wildman–Crippen LogP) is -1.59. The minimum absolute atomic E-state index is 0.180. The van der Waals surface area contributed by atoms with Gasteiger partial charge in [-0.15, -0.1) is 0 Å². The highest BCUT2D eigenvalue weighted by atomic mass is 16.6. The summed E-state index contributed by atoms with van der Waals surface area (Å²) in [6.45, 7) is -0.357. The second-order valence-electron chi connectivity index (χ2n) is 2.88. The molecule has 12 heavy (non-hydrogen) atoms. The molecule has 1 saturated heterocycles. The van der Waals surface area contributed by atoms with Gasteiger partial charge in [0.05, 0.1) is 12.7 Å². The van der Waals surface area contributed by atoms with Crippen molar-refractivity contribution in [3.63, 3.8) is 0 Å². The van der Waals surface area contributed by atoms with Gasteiger partial charge in [-0.05, 0) is 0 Å². The molecule has 70 valence electrons. The van der Waals surface area contributed by atoms with Crippen LogP contribution in [0, 0.1) is 0 Å². The summed E-state index contributed by atoms with van der Waals surface area (Å²) in [4.78, 5) is 10.6. The van der Waals surface area contributed by atoms with Crippen LogP contribution < -0.4 is 0 Å². The van der Waals surface area contributed by atoms with E-state index in [0.29, 0.717) is 0 Å².